The van der Waals surface area contributed by atoms with Gasteiger partial charge in [-0.05, 0) is 38.0 Å². The molecule has 0 unspecified atom stereocenters. The van der Waals surface area contributed by atoms with Gasteiger partial charge in [0.05, 0.1) is 0 Å². The molecule has 0 fully saturated rings. The SMILES string of the molecule is O=[N+]([O-])c1nccc(Oc2ccccc2)c1Br. The molecule has 6 heteroatoms. The summed E-state index contributed by atoms with van der Waals surface area (Å²) in [6.07, 6.45) is 1.33. The molecule has 0 aliphatic rings. The molecule has 0 saturated heterocycles. The van der Waals surface area contributed by atoms with E-state index in [9.17, 15) is 10.1 Å². The number of halogens is 1. The van der Waals surface area contributed by atoms with Gasteiger partial charge in [-0.15, -0.1) is 0 Å². The third-order valence-electron chi connectivity index (χ3n) is 1.98. The molecule has 1 aromatic heterocycles. The molecule has 0 radical (unpaired) electrons. The van der Waals surface area contributed by atoms with Crippen molar-refractivity contribution in [2.75, 3.05) is 0 Å². The Labute approximate surface area is 105 Å². The van der Waals surface area contributed by atoms with Crippen molar-refractivity contribution in [2.24, 2.45) is 0 Å². The predicted octanol–water partition coefficient (Wildman–Crippen LogP) is 3.54. The van der Waals surface area contributed by atoms with Gasteiger partial charge in [0.25, 0.3) is 0 Å². The summed E-state index contributed by atoms with van der Waals surface area (Å²) >= 11 is 3.11. The van der Waals surface area contributed by atoms with Crippen LogP contribution < -0.4 is 4.74 Å². The van der Waals surface area contributed by atoms with Crippen molar-refractivity contribution in [3.05, 3.63) is 57.2 Å². The zero-order valence-corrected chi connectivity index (χ0v) is 10.1. The van der Waals surface area contributed by atoms with Gasteiger partial charge in [0, 0.05) is 6.07 Å². The normalized spacial score (nSPS) is 9.94. The van der Waals surface area contributed by atoms with E-state index >= 15 is 0 Å². The number of hydrogen-bond donors (Lipinski definition) is 0. The first-order valence-corrected chi connectivity index (χ1v) is 5.49. The lowest BCUT2D eigenvalue weighted by atomic mass is 10.3. The van der Waals surface area contributed by atoms with Crippen LogP contribution in [0.3, 0.4) is 0 Å². The Morgan fingerprint density at radius 1 is 1.24 bits per heavy atom. The third-order valence-corrected chi connectivity index (χ3v) is 2.72. The van der Waals surface area contributed by atoms with Gasteiger partial charge in [-0.2, -0.15) is 0 Å². The molecule has 0 spiro atoms. The van der Waals surface area contributed by atoms with Crippen LogP contribution in [0.15, 0.2) is 47.1 Å². The highest BCUT2D eigenvalue weighted by Crippen LogP contribution is 2.34. The van der Waals surface area contributed by atoms with E-state index in [4.69, 9.17) is 4.74 Å². The molecule has 86 valence electrons. The average Bonchev–Trinajstić information content (AvgIpc) is 2.33. The lowest BCUT2D eigenvalue weighted by molar-refractivity contribution is -0.390. The number of benzene rings is 1. The van der Waals surface area contributed by atoms with Gasteiger partial charge in [-0.1, -0.05) is 18.2 Å². The molecule has 2 rings (SSSR count). The summed E-state index contributed by atoms with van der Waals surface area (Å²) in [4.78, 5) is 13.8. The van der Waals surface area contributed by atoms with Crippen molar-refractivity contribution in [1.82, 2.24) is 4.98 Å². The summed E-state index contributed by atoms with van der Waals surface area (Å²) in [6.45, 7) is 0. The topological polar surface area (TPSA) is 65.3 Å². The Morgan fingerprint density at radius 3 is 2.59 bits per heavy atom. The second-order valence-electron chi connectivity index (χ2n) is 3.12. The third kappa shape index (κ3) is 2.59. The van der Waals surface area contributed by atoms with Crippen LogP contribution in [-0.4, -0.2) is 9.91 Å². The maximum atomic E-state index is 10.7. The van der Waals surface area contributed by atoms with E-state index in [0.29, 0.717) is 11.5 Å². The van der Waals surface area contributed by atoms with Crippen LogP contribution in [0.1, 0.15) is 0 Å². The molecule has 2 aromatic rings. The van der Waals surface area contributed by atoms with Crippen LogP contribution in [-0.2, 0) is 0 Å². The van der Waals surface area contributed by atoms with Crippen LogP contribution in [0.4, 0.5) is 5.82 Å². The van der Waals surface area contributed by atoms with Crippen molar-refractivity contribution in [1.29, 1.82) is 0 Å². The van der Waals surface area contributed by atoms with Gasteiger partial charge in [0.1, 0.15) is 11.9 Å². The van der Waals surface area contributed by atoms with Crippen LogP contribution >= 0.6 is 15.9 Å². The number of ether oxygens (including phenoxy) is 1. The highest BCUT2D eigenvalue weighted by molar-refractivity contribution is 9.10. The fourth-order valence-electron chi connectivity index (χ4n) is 1.24. The zero-order chi connectivity index (χ0) is 12.3. The second kappa shape index (κ2) is 4.92. The molecule has 0 atom stereocenters. The largest absolute Gasteiger partial charge is 0.456 e. The molecule has 1 aromatic carbocycles. The van der Waals surface area contributed by atoms with Crippen molar-refractivity contribution in [2.45, 2.75) is 0 Å². The van der Waals surface area contributed by atoms with Crippen molar-refractivity contribution < 1.29 is 9.66 Å². The van der Waals surface area contributed by atoms with E-state index in [1.807, 2.05) is 18.2 Å². The fourth-order valence-corrected chi connectivity index (χ4v) is 1.70. The maximum absolute atomic E-state index is 10.7. The first kappa shape index (κ1) is 11.5. The quantitative estimate of drug-likeness (QED) is 0.641. The fraction of sp³-hybridized carbons (Fsp3) is 0. The summed E-state index contributed by atoms with van der Waals surface area (Å²) in [5, 5.41) is 10.7. The molecular weight excluding hydrogens is 288 g/mol. The molecule has 17 heavy (non-hydrogen) atoms. The van der Waals surface area contributed by atoms with Gasteiger partial charge in [-0.3, -0.25) is 0 Å². The maximum Gasteiger partial charge on any atom is 0.381 e. The minimum atomic E-state index is -0.568. The Bertz CT molecular complexity index is 546. The van der Waals surface area contributed by atoms with Crippen LogP contribution in [0.2, 0.25) is 0 Å². The van der Waals surface area contributed by atoms with Gasteiger partial charge in [0.15, 0.2) is 10.2 Å². The monoisotopic (exact) mass is 294 g/mol. The summed E-state index contributed by atoms with van der Waals surface area (Å²) in [5.74, 6) is 0.699. The first-order chi connectivity index (χ1) is 8.18. The lowest BCUT2D eigenvalue weighted by Crippen LogP contribution is -1.95. The van der Waals surface area contributed by atoms with Crippen molar-refractivity contribution >= 4 is 21.7 Å². The molecule has 0 aliphatic heterocycles. The molecule has 5 nitrogen and oxygen atoms in total. The smallest absolute Gasteiger partial charge is 0.381 e. The van der Waals surface area contributed by atoms with E-state index in [0.717, 1.165) is 0 Å². The van der Waals surface area contributed by atoms with Crippen LogP contribution in [0.25, 0.3) is 0 Å². The Kier molecular flexibility index (Phi) is 3.34. The summed E-state index contributed by atoms with van der Waals surface area (Å²) in [7, 11) is 0. The average molecular weight is 295 g/mol. The predicted molar refractivity (Wildman–Crippen MR) is 65.1 cm³/mol. The molecule has 1 heterocycles. The van der Waals surface area contributed by atoms with Crippen molar-refractivity contribution in [3.63, 3.8) is 0 Å². The highest BCUT2D eigenvalue weighted by Gasteiger charge is 2.18. The van der Waals surface area contributed by atoms with Gasteiger partial charge in [0.2, 0.25) is 0 Å². The summed E-state index contributed by atoms with van der Waals surface area (Å²) in [6, 6.07) is 10.6. The first-order valence-electron chi connectivity index (χ1n) is 4.70. The summed E-state index contributed by atoms with van der Waals surface area (Å²) < 4.78 is 5.74. The van der Waals surface area contributed by atoms with E-state index in [1.54, 1.807) is 18.2 Å². The lowest BCUT2D eigenvalue weighted by Gasteiger charge is -2.06. The van der Waals surface area contributed by atoms with Crippen LogP contribution in [0, 0.1) is 10.1 Å². The molecule has 0 N–H and O–H groups in total. The van der Waals surface area contributed by atoms with Crippen molar-refractivity contribution in [3.8, 4) is 11.5 Å². The number of nitro groups is 1. The van der Waals surface area contributed by atoms with E-state index in [2.05, 4.69) is 20.9 Å². The Hall–Kier alpha value is -1.95. The highest BCUT2D eigenvalue weighted by atomic mass is 79.9. The molecule has 0 amide bonds. The number of hydrogen-bond acceptors (Lipinski definition) is 4. The minimum Gasteiger partial charge on any atom is -0.456 e. The van der Waals surface area contributed by atoms with E-state index in [-0.39, 0.29) is 10.3 Å². The van der Waals surface area contributed by atoms with E-state index in [1.165, 1.54) is 6.20 Å². The molecule has 0 saturated carbocycles. The second-order valence-corrected chi connectivity index (χ2v) is 3.91. The van der Waals surface area contributed by atoms with Gasteiger partial charge in [-0.25, -0.2) is 0 Å². The number of nitrogens with zero attached hydrogens (tertiary/aromatic N) is 2. The number of rotatable bonds is 3. The van der Waals surface area contributed by atoms with E-state index < -0.39 is 4.92 Å². The molecule has 0 bridgehead atoms. The number of para-hydroxylation sites is 1. The van der Waals surface area contributed by atoms with Gasteiger partial charge < -0.3 is 14.9 Å². The Morgan fingerprint density at radius 2 is 1.94 bits per heavy atom. The zero-order valence-electron chi connectivity index (χ0n) is 8.54. The number of aromatic nitrogens is 1. The molecular formula is C11H7BrN2O3. The minimum absolute atomic E-state index is 0.230. The Balaban J connectivity index is 2.34. The summed E-state index contributed by atoms with van der Waals surface area (Å²) in [5.41, 5.74) is 0. The standard InChI is InChI=1S/C11H7BrN2O3/c12-10-9(6-7-13-11(10)14(15)16)17-8-4-2-1-3-5-8/h1-7H. The number of pyridine rings is 1. The molecule has 0 aliphatic carbocycles. The van der Waals surface area contributed by atoms with Gasteiger partial charge >= 0.3 is 5.82 Å². The van der Waals surface area contributed by atoms with Crippen LogP contribution in [0.5, 0.6) is 11.5 Å².